The molecule has 0 heterocycles. The van der Waals surface area contributed by atoms with Crippen molar-refractivity contribution in [2.24, 2.45) is 0 Å². The van der Waals surface area contributed by atoms with Crippen LogP contribution in [0.3, 0.4) is 0 Å². The van der Waals surface area contributed by atoms with Crippen molar-refractivity contribution in [1.29, 1.82) is 0 Å². The van der Waals surface area contributed by atoms with Crippen LogP contribution in [0.4, 0.5) is 0 Å². The van der Waals surface area contributed by atoms with Gasteiger partial charge in [0.05, 0.1) is 21.3 Å². The van der Waals surface area contributed by atoms with Gasteiger partial charge >= 0.3 is 35.5 Å². The van der Waals surface area contributed by atoms with Crippen LogP contribution in [-0.4, -0.2) is 32.4 Å². The maximum Gasteiger partial charge on any atom is 1.00 e. The van der Waals surface area contributed by atoms with E-state index in [4.69, 9.17) is 19.3 Å². The Kier molecular flexibility index (Phi) is 6.25. The van der Waals surface area contributed by atoms with E-state index in [1.54, 1.807) is 0 Å². The zero-order chi connectivity index (χ0) is 11.4. The molecule has 0 unspecified atom stereocenters. The minimum atomic E-state index is -1.08. The average molecular weight is 236 g/mol. The monoisotopic (exact) mass is 236 g/mol. The van der Waals surface area contributed by atoms with Gasteiger partial charge in [0.2, 0.25) is 5.75 Å². The molecule has 0 aromatic heterocycles. The first kappa shape index (κ1) is 15.1. The molecule has 1 N–H and O–H groups in total. The van der Waals surface area contributed by atoms with Gasteiger partial charge in [-0.05, 0) is 12.1 Å². The van der Waals surface area contributed by atoms with Gasteiger partial charge < -0.3 is 20.7 Å². The van der Waals surface area contributed by atoms with Gasteiger partial charge in [-0.2, -0.15) is 0 Å². The quantitative estimate of drug-likeness (QED) is 0.646. The molecule has 84 valence electrons. The number of carboxylic acids is 1. The van der Waals surface area contributed by atoms with Crippen molar-refractivity contribution in [2.45, 2.75) is 0 Å². The van der Waals surface area contributed by atoms with Crippen molar-refractivity contribution in [3.05, 3.63) is 17.7 Å². The third-order valence-electron chi connectivity index (χ3n) is 1.93. The van der Waals surface area contributed by atoms with Crippen LogP contribution in [0.2, 0.25) is 0 Å². The summed E-state index contributed by atoms with van der Waals surface area (Å²) < 4.78 is 15.0. The molecular formula is C10H13NaO5. The fourth-order valence-electron chi connectivity index (χ4n) is 1.27. The molecule has 0 radical (unpaired) electrons. The zero-order valence-electron chi connectivity index (χ0n) is 10.7. The van der Waals surface area contributed by atoms with Gasteiger partial charge in [0.25, 0.3) is 0 Å². The Morgan fingerprint density at radius 3 is 2.06 bits per heavy atom. The molecule has 6 heteroatoms. The van der Waals surface area contributed by atoms with Gasteiger partial charge in [0.15, 0.2) is 11.5 Å². The summed E-state index contributed by atoms with van der Waals surface area (Å²) >= 11 is 0. The summed E-state index contributed by atoms with van der Waals surface area (Å²) in [4.78, 5) is 10.9. The third kappa shape index (κ3) is 2.81. The number of hydrogen-bond donors (Lipinski definition) is 1. The number of hydrogen-bond acceptors (Lipinski definition) is 4. The molecule has 0 amide bonds. The van der Waals surface area contributed by atoms with Crippen LogP contribution in [0.25, 0.3) is 0 Å². The molecule has 0 aliphatic heterocycles. The maximum absolute atomic E-state index is 10.9. The van der Waals surface area contributed by atoms with Crippen LogP contribution in [0.15, 0.2) is 12.1 Å². The van der Waals surface area contributed by atoms with Gasteiger partial charge in [0.1, 0.15) is 5.56 Å². The number of carbonyl (C=O) groups is 1. The van der Waals surface area contributed by atoms with E-state index in [9.17, 15) is 4.79 Å². The summed E-state index contributed by atoms with van der Waals surface area (Å²) in [6.07, 6.45) is 0. The van der Waals surface area contributed by atoms with Crippen LogP contribution in [0, 0.1) is 0 Å². The van der Waals surface area contributed by atoms with Gasteiger partial charge in [-0.1, -0.05) is 0 Å². The number of rotatable bonds is 4. The largest absolute Gasteiger partial charge is 1.00 e. The second kappa shape index (κ2) is 6.62. The maximum atomic E-state index is 10.9. The molecule has 5 nitrogen and oxygen atoms in total. The van der Waals surface area contributed by atoms with Crippen molar-refractivity contribution in [3.63, 3.8) is 0 Å². The second-order valence-electron chi connectivity index (χ2n) is 2.69. The van der Waals surface area contributed by atoms with Crippen LogP contribution >= 0.6 is 0 Å². The molecule has 0 saturated heterocycles. The standard InChI is InChI=1S/C10H12O5.Na.H/c1-13-7-5-4-6(10(11)12)8(14-2)9(7)15-3;;/h4-5H,1-3H3,(H,11,12);;/q;+1;-1. The Morgan fingerprint density at radius 1 is 1.12 bits per heavy atom. The predicted octanol–water partition coefficient (Wildman–Crippen LogP) is -1.47. The molecule has 0 aliphatic carbocycles. The first-order valence-electron chi connectivity index (χ1n) is 4.18. The van der Waals surface area contributed by atoms with Gasteiger partial charge in [-0.25, -0.2) is 4.79 Å². The molecule has 1 aromatic rings. The molecule has 0 bridgehead atoms. The van der Waals surface area contributed by atoms with Gasteiger partial charge in [-0.15, -0.1) is 0 Å². The molecule has 0 aliphatic rings. The van der Waals surface area contributed by atoms with E-state index >= 15 is 0 Å². The van der Waals surface area contributed by atoms with Crippen molar-refractivity contribution in [2.75, 3.05) is 21.3 Å². The Morgan fingerprint density at radius 2 is 1.69 bits per heavy atom. The summed E-state index contributed by atoms with van der Waals surface area (Å²) in [7, 11) is 4.27. The number of methoxy groups -OCH3 is 3. The van der Waals surface area contributed by atoms with Crippen molar-refractivity contribution >= 4 is 5.97 Å². The summed E-state index contributed by atoms with van der Waals surface area (Å²) in [6.45, 7) is 0. The predicted molar refractivity (Wildman–Crippen MR) is 54.2 cm³/mol. The average Bonchev–Trinajstić information content (AvgIpc) is 2.26. The molecule has 0 spiro atoms. The molecule has 1 rings (SSSR count). The minimum Gasteiger partial charge on any atom is -1.00 e. The van der Waals surface area contributed by atoms with E-state index in [2.05, 4.69) is 0 Å². The summed E-state index contributed by atoms with van der Waals surface area (Å²) in [6, 6.07) is 2.92. The molecular weight excluding hydrogens is 223 g/mol. The van der Waals surface area contributed by atoms with Crippen molar-refractivity contribution in [1.82, 2.24) is 0 Å². The molecule has 16 heavy (non-hydrogen) atoms. The Hall–Kier alpha value is -0.910. The van der Waals surface area contributed by atoms with Crippen LogP contribution in [-0.2, 0) is 0 Å². The van der Waals surface area contributed by atoms with E-state index in [0.29, 0.717) is 5.75 Å². The normalized spacial score (nSPS) is 8.94. The molecule has 1 aromatic carbocycles. The fraction of sp³-hybridized carbons (Fsp3) is 0.300. The first-order chi connectivity index (χ1) is 7.15. The van der Waals surface area contributed by atoms with E-state index in [0.717, 1.165) is 0 Å². The van der Waals surface area contributed by atoms with Gasteiger partial charge in [0, 0.05) is 0 Å². The van der Waals surface area contributed by atoms with E-state index in [-0.39, 0.29) is 48.0 Å². The number of ether oxygens (including phenoxy) is 3. The van der Waals surface area contributed by atoms with Crippen LogP contribution in [0.1, 0.15) is 11.8 Å². The Balaban J connectivity index is 0. The van der Waals surface area contributed by atoms with Crippen LogP contribution < -0.4 is 43.8 Å². The summed E-state index contributed by atoms with van der Waals surface area (Å²) in [5.41, 5.74) is 0.0372. The Labute approximate surface area is 117 Å². The van der Waals surface area contributed by atoms with Crippen LogP contribution in [0.5, 0.6) is 17.2 Å². The second-order valence-corrected chi connectivity index (χ2v) is 2.69. The van der Waals surface area contributed by atoms with E-state index in [1.807, 2.05) is 0 Å². The fourth-order valence-corrected chi connectivity index (χ4v) is 1.27. The summed E-state index contributed by atoms with van der Waals surface area (Å²) in [5.74, 6) is -0.212. The Bertz CT molecular complexity index is 383. The van der Waals surface area contributed by atoms with Gasteiger partial charge in [-0.3, -0.25) is 0 Å². The van der Waals surface area contributed by atoms with E-state index in [1.165, 1.54) is 33.5 Å². The first-order valence-corrected chi connectivity index (χ1v) is 4.18. The molecule has 0 saturated carbocycles. The SMILES string of the molecule is COc1ccc(C(=O)O)c(OC)c1OC.[H-].[Na+]. The minimum absolute atomic E-state index is 0. The topological polar surface area (TPSA) is 65.0 Å². The molecule has 0 atom stereocenters. The number of benzene rings is 1. The van der Waals surface area contributed by atoms with E-state index < -0.39 is 5.97 Å². The zero-order valence-corrected chi connectivity index (χ0v) is 11.7. The number of aromatic carboxylic acids is 1. The number of carboxylic acid groups (broad SMARTS) is 1. The van der Waals surface area contributed by atoms with Crippen molar-refractivity contribution < 1.29 is 55.1 Å². The summed E-state index contributed by atoms with van der Waals surface area (Å²) in [5, 5.41) is 8.90. The van der Waals surface area contributed by atoms with Crippen molar-refractivity contribution in [3.8, 4) is 17.2 Å². The third-order valence-corrected chi connectivity index (χ3v) is 1.93. The molecule has 0 fully saturated rings. The smallest absolute Gasteiger partial charge is 1.00 e.